The molecule has 0 radical (unpaired) electrons. The summed E-state index contributed by atoms with van der Waals surface area (Å²) < 4.78 is 76.7. The van der Waals surface area contributed by atoms with Gasteiger partial charge >= 0.3 is 137 Å². The van der Waals surface area contributed by atoms with Gasteiger partial charge in [0.2, 0.25) is 0 Å². The summed E-state index contributed by atoms with van der Waals surface area (Å²) >= 11 is 0.729. The van der Waals surface area contributed by atoms with E-state index in [0.29, 0.717) is 8.62 Å². The van der Waals surface area contributed by atoms with Crippen LogP contribution < -0.4 is 24.8 Å². The largest absolute Gasteiger partial charge is 1.00 e. The third-order valence-electron chi connectivity index (χ3n) is 11.9. The van der Waals surface area contributed by atoms with Crippen LogP contribution in [0.4, 0.5) is 26.3 Å². The van der Waals surface area contributed by atoms with Crippen LogP contribution in [0.3, 0.4) is 0 Å². The van der Waals surface area contributed by atoms with Gasteiger partial charge in [0.1, 0.15) is 0 Å². The summed E-state index contributed by atoms with van der Waals surface area (Å²) in [5, 5.41) is 0. The van der Waals surface area contributed by atoms with Crippen molar-refractivity contribution in [3.63, 3.8) is 0 Å². The van der Waals surface area contributed by atoms with Crippen molar-refractivity contribution in [2.75, 3.05) is 0 Å². The summed E-state index contributed by atoms with van der Waals surface area (Å²) in [6.45, 7) is 22.2. The standard InChI is InChI=1S/C31H29.C15H8F6.C12H19.2ClH.Zr/c1-18-11-20(3)30(21(4)12-18)24-7-9-28-26(15-24)17-27-16-25(8-10-29(27)28)31-22(5)13-19(2)14-23(31)6;16-14(17,18)12-5-1-3-10(8-12)7-11-4-2-6-13(9-11)15(19,20)21;1-5-6-10-7-8-11(9-10)12(2,3)4;;;/h7-15H,17H2,1-6H3;1-6,8-9H;7-9H,5-6H2,1-4H3;2*1H;/q-1;;-1;;;+2/p-2. The summed E-state index contributed by atoms with van der Waals surface area (Å²) in [5.41, 5.74) is 20.9. The van der Waals surface area contributed by atoms with Gasteiger partial charge in [-0.3, -0.25) is 0 Å². The smallest absolute Gasteiger partial charge is 1.00 e. The third kappa shape index (κ3) is 13.4. The molecule has 0 heterocycles. The first-order chi connectivity index (χ1) is 30.4. The van der Waals surface area contributed by atoms with E-state index in [4.69, 9.17) is 0 Å². The molecule has 1 aliphatic rings. The van der Waals surface area contributed by atoms with Gasteiger partial charge in [0.25, 0.3) is 0 Å². The second-order valence-corrected chi connectivity index (χ2v) is 19.6. The molecular weight excluding hydrogens is 973 g/mol. The Morgan fingerprint density at radius 1 is 0.597 bits per heavy atom. The summed E-state index contributed by atoms with van der Waals surface area (Å²) in [4.78, 5) is 0. The molecule has 350 valence electrons. The predicted molar refractivity (Wildman–Crippen MR) is 254 cm³/mol. The normalized spacial score (nSPS) is 11.8. The zero-order valence-electron chi connectivity index (χ0n) is 39.7. The van der Waals surface area contributed by atoms with Crippen LogP contribution in [0, 0.1) is 47.6 Å². The molecule has 0 fully saturated rings. The minimum absolute atomic E-state index is 0. The van der Waals surface area contributed by atoms with E-state index in [9.17, 15) is 26.3 Å². The summed E-state index contributed by atoms with van der Waals surface area (Å²) in [5.74, 6) is 0. The van der Waals surface area contributed by atoms with E-state index in [-0.39, 0.29) is 35.9 Å². The second-order valence-electron chi connectivity index (χ2n) is 18.4. The molecule has 0 bridgehead atoms. The van der Waals surface area contributed by atoms with Crippen LogP contribution in [0.25, 0.3) is 33.4 Å². The fourth-order valence-electron chi connectivity index (χ4n) is 8.94. The van der Waals surface area contributed by atoms with Crippen LogP contribution in [0.5, 0.6) is 0 Å². The van der Waals surface area contributed by atoms with E-state index in [0.717, 1.165) is 54.9 Å². The quantitative estimate of drug-likeness (QED) is 0.115. The molecule has 0 nitrogen and oxygen atoms in total. The number of fused-ring (bicyclic) bond motifs is 3. The average molecular weight is 1030 g/mol. The molecule has 1 aliphatic carbocycles. The van der Waals surface area contributed by atoms with E-state index in [1.807, 2.05) is 0 Å². The maximum absolute atomic E-state index is 12.7. The fraction of sp³-hybridized carbons (Fsp3) is 0.276. The Morgan fingerprint density at radius 3 is 1.55 bits per heavy atom. The number of alkyl halides is 6. The van der Waals surface area contributed by atoms with Gasteiger partial charge in [-0.1, -0.05) is 127 Å². The van der Waals surface area contributed by atoms with E-state index >= 15 is 0 Å². The number of aryl methyl sites for hydroxylation is 7. The Balaban J connectivity index is 0.000000238. The molecule has 0 aromatic heterocycles. The summed E-state index contributed by atoms with van der Waals surface area (Å²) in [7, 11) is 0. The van der Waals surface area contributed by atoms with Crippen LogP contribution in [0.2, 0.25) is 0 Å². The van der Waals surface area contributed by atoms with Crippen LogP contribution in [0.15, 0.2) is 121 Å². The van der Waals surface area contributed by atoms with Crippen molar-refractivity contribution in [2.45, 2.75) is 106 Å². The van der Waals surface area contributed by atoms with Gasteiger partial charge in [-0.25, -0.2) is 6.07 Å². The molecule has 7 aromatic rings. The minimum atomic E-state index is -4.49. The Kier molecular flexibility index (Phi) is 18.4. The van der Waals surface area contributed by atoms with E-state index < -0.39 is 23.5 Å². The monoisotopic (exact) mass is 1030 g/mol. The molecule has 0 amide bonds. The molecule has 8 rings (SSSR count). The molecule has 0 unspecified atom stereocenters. The first-order valence-electron chi connectivity index (χ1n) is 22.0. The van der Waals surface area contributed by atoms with Crippen LogP contribution in [0.1, 0.15) is 112 Å². The molecule has 0 saturated carbocycles. The summed E-state index contributed by atoms with van der Waals surface area (Å²) in [6, 6.07) is 40.5. The van der Waals surface area contributed by atoms with Crippen molar-refractivity contribution in [3.8, 4) is 33.4 Å². The van der Waals surface area contributed by atoms with Gasteiger partial charge < -0.3 is 24.8 Å². The van der Waals surface area contributed by atoms with Crippen molar-refractivity contribution in [2.24, 2.45) is 0 Å². The van der Waals surface area contributed by atoms with Crippen molar-refractivity contribution >= 4 is 3.21 Å². The maximum Gasteiger partial charge on any atom is -1.00 e. The van der Waals surface area contributed by atoms with Gasteiger partial charge in [-0.2, -0.15) is 23.3 Å². The molecule has 7 aromatic carbocycles. The zero-order valence-corrected chi connectivity index (χ0v) is 43.7. The Labute approximate surface area is 420 Å². The van der Waals surface area contributed by atoms with E-state index in [1.165, 1.54) is 126 Å². The zero-order chi connectivity index (χ0) is 47.6. The second kappa shape index (κ2) is 22.3. The van der Waals surface area contributed by atoms with Crippen molar-refractivity contribution in [1.29, 1.82) is 0 Å². The number of benzene rings is 6. The minimum Gasteiger partial charge on any atom is -1.00 e. The van der Waals surface area contributed by atoms with Gasteiger partial charge in [0.15, 0.2) is 0 Å². The Morgan fingerprint density at radius 2 is 1.09 bits per heavy atom. The number of hydrogen-bond donors (Lipinski definition) is 0. The molecule has 0 atom stereocenters. The van der Waals surface area contributed by atoms with E-state index in [1.54, 1.807) is 0 Å². The van der Waals surface area contributed by atoms with Gasteiger partial charge in [0.05, 0.1) is 0 Å². The number of hydrogen-bond acceptors (Lipinski definition) is 0. The fourth-order valence-corrected chi connectivity index (χ4v) is 9.70. The SMILES string of the molecule is CCCc1cc(C(C)(C)C)c[cH-]1.Cc1cc(C)c(-c2[c-]c3c(cc2)-c2ccc(-c4c(C)cc(C)cc4C)cc2C3)c(C)c1.FC(F)(F)c1cccc([C](=[Zr+2])c2cccc(C(F)(F)F)c2)c1.[Cl-].[Cl-]. The molecule has 9 heteroatoms. The van der Waals surface area contributed by atoms with Crippen molar-refractivity contribution < 1.29 is 75.4 Å². The third-order valence-corrected chi connectivity index (χ3v) is 13.3. The van der Waals surface area contributed by atoms with Gasteiger partial charge in [0, 0.05) is 0 Å². The predicted octanol–water partition coefficient (Wildman–Crippen LogP) is 10.7. The first-order valence-corrected chi connectivity index (χ1v) is 23.2. The topological polar surface area (TPSA) is 0 Å². The van der Waals surface area contributed by atoms with Crippen LogP contribution in [-0.4, -0.2) is 3.21 Å². The molecule has 0 spiro atoms. The van der Waals surface area contributed by atoms with Gasteiger partial charge in [-0.05, 0) is 75.8 Å². The van der Waals surface area contributed by atoms with Crippen LogP contribution in [-0.2, 0) is 54.8 Å². The van der Waals surface area contributed by atoms with Crippen molar-refractivity contribution in [1.82, 2.24) is 0 Å². The first kappa shape index (κ1) is 55.2. The molecule has 0 aliphatic heterocycles. The molecule has 0 saturated heterocycles. The molecule has 67 heavy (non-hydrogen) atoms. The Bertz CT molecular complexity index is 2640. The molecule has 0 N–H and O–H groups in total. The average Bonchev–Trinajstić information content (AvgIpc) is 3.85. The van der Waals surface area contributed by atoms with Gasteiger partial charge in [-0.15, -0.1) is 29.3 Å². The maximum atomic E-state index is 12.7. The van der Waals surface area contributed by atoms with Crippen LogP contribution >= 0.6 is 0 Å². The Hall–Kier alpha value is -4.42. The molecular formula is C58H56Cl2F6Zr-2. The number of rotatable bonds is 6. The summed E-state index contributed by atoms with van der Waals surface area (Å²) in [6.07, 6.45) is -5.55. The number of halogens is 8. The van der Waals surface area contributed by atoms with Crippen molar-refractivity contribution in [3.05, 3.63) is 205 Å². The van der Waals surface area contributed by atoms with E-state index in [2.05, 4.69) is 148 Å².